The number of rotatable bonds is 3. The first kappa shape index (κ1) is 12.7. The SMILES string of the molecule is Cc1cccc(C(F)F)c1Oc1nnccc1Cl. The van der Waals surface area contributed by atoms with Crippen molar-refractivity contribution in [3.63, 3.8) is 0 Å². The van der Waals surface area contributed by atoms with Gasteiger partial charge in [-0.3, -0.25) is 0 Å². The number of aromatic nitrogens is 2. The van der Waals surface area contributed by atoms with E-state index < -0.39 is 6.43 Å². The van der Waals surface area contributed by atoms with Crippen LogP contribution in [-0.2, 0) is 0 Å². The quantitative estimate of drug-likeness (QED) is 0.840. The van der Waals surface area contributed by atoms with Gasteiger partial charge in [-0.1, -0.05) is 23.7 Å². The molecule has 0 unspecified atom stereocenters. The Labute approximate surface area is 107 Å². The van der Waals surface area contributed by atoms with E-state index in [1.807, 2.05) is 0 Å². The smallest absolute Gasteiger partial charge is 0.267 e. The average molecular weight is 271 g/mol. The number of ether oxygens (including phenoxy) is 1. The van der Waals surface area contributed by atoms with Gasteiger partial charge in [0.15, 0.2) is 0 Å². The molecule has 0 fully saturated rings. The maximum Gasteiger partial charge on any atom is 0.267 e. The van der Waals surface area contributed by atoms with Gasteiger partial charge in [-0.05, 0) is 24.6 Å². The van der Waals surface area contributed by atoms with Crippen molar-refractivity contribution < 1.29 is 13.5 Å². The third-order valence-electron chi connectivity index (χ3n) is 2.32. The molecule has 0 aliphatic carbocycles. The first-order valence-corrected chi connectivity index (χ1v) is 5.50. The molecule has 0 atom stereocenters. The van der Waals surface area contributed by atoms with Gasteiger partial charge >= 0.3 is 0 Å². The van der Waals surface area contributed by atoms with Crippen LogP contribution in [0.25, 0.3) is 0 Å². The summed E-state index contributed by atoms with van der Waals surface area (Å²) < 4.78 is 31.1. The van der Waals surface area contributed by atoms with Crippen LogP contribution < -0.4 is 4.74 Å². The normalized spacial score (nSPS) is 10.7. The lowest BCUT2D eigenvalue weighted by Crippen LogP contribution is -1.97. The van der Waals surface area contributed by atoms with Gasteiger partial charge in [0.2, 0.25) is 0 Å². The van der Waals surface area contributed by atoms with Gasteiger partial charge in [0.1, 0.15) is 10.8 Å². The minimum absolute atomic E-state index is 0.00960. The van der Waals surface area contributed by atoms with Gasteiger partial charge < -0.3 is 4.74 Å². The molecule has 1 heterocycles. The lowest BCUT2D eigenvalue weighted by Gasteiger charge is -2.12. The molecule has 6 heteroatoms. The Kier molecular flexibility index (Phi) is 3.72. The van der Waals surface area contributed by atoms with Gasteiger partial charge in [0.05, 0.1) is 11.8 Å². The van der Waals surface area contributed by atoms with E-state index in [0.717, 1.165) is 0 Å². The Hall–Kier alpha value is -1.75. The molecule has 0 saturated heterocycles. The zero-order chi connectivity index (χ0) is 13.1. The van der Waals surface area contributed by atoms with Crippen LogP contribution in [-0.4, -0.2) is 10.2 Å². The molecule has 0 N–H and O–H groups in total. The zero-order valence-electron chi connectivity index (χ0n) is 9.40. The third-order valence-corrected chi connectivity index (χ3v) is 2.60. The van der Waals surface area contributed by atoms with Crippen molar-refractivity contribution in [1.29, 1.82) is 0 Å². The van der Waals surface area contributed by atoms with E-state index in [2.05, 4.69) is 10.2 Å². The van der Waals surface area contributed by atoms with Crippen molar-refractivity contribution in [2.45, 2.75) is 13.3 Å². The standard InChI is InChI=1S/C12H9ClF2N2O/c1-7-3-2-4-8(11(14)15)10(7)18-12-9(13)5-6-16-17-12/h2-6,11H,1H3. The van der Waals surface area contributed by atoms with E-state index in [-0.39, 0.29) is 22.2 Å². The Balaban J connectivity index is 2.43. The molecule has 18 heavy (non-hydrogen) atoms. The second kappa shape index (κ2) is 5.27. The summed E-state index contributed by atoms with van der Waals surface area (Å²) in [5, 5.41) is 7.48. The van der Waals surface area contributed by atoms with Crippen LogP contribution in [0, 0.1) is 6.92 Å². The Morgan fingerprint density at radius 1 is 1.28 bits per heavy atom. The molecule has 0 aliphatic heterocycles. The molecule has 2 aromatic rings. The summed E-state index contributed by atoms with van der Waals surface area (Å²) >= 11 is 5.84. The summed E-state index contributed by atoms with van der Waals surface area (Å²) in [5.41, 5.74) is 0.381. The molecule has 0 saturated carbocycles. The first-order valence-electron chi connectivity index (χ1n) is 5.12. The first-order chi connectivity index (χ1) is 8.59. The fraction of sp³-hybridized carbons (Fsp3) is 0.167. The van der Waals surface area contributed by atoms with Crippen molar-refractivity contribution >= 4 is 11.6 Å². The van der Waals surface area contributed by atoms with E-state index in [1.165, 1.54) is 18.3 Å². The van der Waals surface area contributed by atoms with E-state index in [1.54, 1.807) is 19.1 Å². The number of benzene rings is 1. The van der Waals surface area contributed by atoms with Crippen molar-refractivity contribution in [1.82, 2.24) is 10.2 Å². The van der Waals surface area contributed by atoms with Crippen molar-refractivity contribution in [3.8, 4) is 11.6 Å². The summed E-state index contributed by atoms with van der Waals surface area (Å²) in [7, 11) is 0. The molecule has 1 aromatic carbocycles. The summed E-state index contributed by atoms with van der Waals surface area (Å²) in [5.74, 6) is 0.0743. The van der Waals surface area contributed by atoms with Crippen LogP contribution in [0.5, 0.6) is 11.6 Å². The summed E-state index contributed by atoms with van der Waals surface area (Å²) in [4.78, 5) is 0. The summed E-state index contributed by atoms with van der Waals surface area (Å²) in [6, 6.07) is 5.99. The molecule has 0 aliphatic rings. The number of aryl methyl sites for hydroxylation is 1. The Morgan fingerprint density at radius 3 is 2.72 bits per heavy atom. The van der Waals surface area contributed by atoms with Gasteiger partial charge in [-0.15, -0.1) is 5.10 Å². The highest BCUT2D eigenvalue weighted by atomic mass is 35.5. The van der Waals surface area contributed by atoms with Crippen molar-refractivity contribution in [3.05, 3.63) is 46.6 Å². The monoisotopic (exact) mass is 270 g/mol. The second-order valence-corrected chi connectivity index (χ2v) is 3.99. The molecule has 0 spiro atoms. The topological polar surface area (TPSA) is 35.0 Å². The maximum absolute atomic E-state index is 12.9. The molecule has 2 rings (SSSR count). The highest BCUT2D eigenvalue weighted by Crippen LogP contribution is 2.36. The predicted molar refractivity (Wildman–Crippen MR) is 63.3 cm³/mol. The summed E-state index contributed by atoms with van der Waals surface area (Å²) in [6.45, 7) is 1.67. The molecule has 1 aromatic heterocycles. The van der Waals surface area contributed by atoms with E-state index in [4.69, 9.17) is 16.3 Å². The number of nitrogens with zero attached hydrogens (tertiary/aromatic N) is 2. The van der Waals surface area contributed by atoms with Gasteiger partial charge in [-0.2, -0.15) is 5.10 Å². The minimum atomic E-state index is -2.63. The zero-order valence-corrected chi connectivity index (χ0v) is 10.2. The summed E-state index contributed by atoms with van der Waals surface area (Å²) in [6.07, 6.45) is -1.24. The lowest BCUT2D eigenvalue weighted by atomic mass is 10.1. The van der Waals surface area contributed by atoms with Crippen LogP contribution in [0.1, 0.15) is 17.6 Å². The molecule has 0 radical (unpaired) electrons. The van der Waals surface area contributed by atoms with Gasteiger partial charge in [-0.25, -0.2) is 8.78 Å². The average Bonchev–Trinajstić information content (AvgIpc) is 2.34. The Bertz CT molecular complexity index is 564. The molecule has 3 nitrogen and oxygen atoms in total. The maximum atomic E-state index is 12.9. The predicted octanol–water partition coefficient (Wildman–Crippen LogP) is 4.17. The molecule has 0 bridgehead atoms. The molecular weight excluding hydrogens is 262 g/mol. The third kappa shape index (κ3) is 2.56. The van der Waals surface area contributed by atoms with E-state index in [9.17, 15) is 8.78 Å². The second-order valence-electron chi connectivity index (χ2n) is 3.58. The largest absolute Gasteiger partial charge is 0.436 e. The minimum Gasteiger partial charge on any atom is -0.436 e. The number of alkyl halides is 2. The van der Waals surface area contributed by atoms with E-state index in [0.29, 0.717) is 5.56 Å². The Morgan fingerprint density at radius 2 is 2.06 bits per heavy atom. The number of para-hydroxylation sites is 1. The van der Waals surface area contributed by atoms with Gasteiger partial charge in [0, 0.05) is 0 Å². The lowest BCUT2D eigenvalue weighted by molar-refractivity contribution is 0.147. The van der Waals surface area contributed by atoms with Crippen LogP contribution in [0.15, 0.2) is 30.5 Å². The number of halogens is 3. The van der Waals surface area contributed by atoms with Crippen molar-refractivity contribution in [2.75, 3.05) is 0 Å². The van der Waals surface area contributed by atoms with Crippen LogP contribution >= 0.6 is 11.6 Å². The fourth-order valence-electron chi connectivity index (χ4n) is 1.46. The van der Waals surface area contributed by atoms with Crippen molar-refractivity contribution in [2.24, 2.45) is 0 Å². The van der Waals surface area contributed by atoms with Gasteiger partial charge in [0.25, 0.3) is 12.3 Å². The fourth-order valence-corrected chi connectivity index (χ4v) is 1.59. The number of hydrogen-bond acceptors (Lipinski definition) is 3. The van der Waals surface area contributed by atoms with Crippen LogP contribution in [0.2, 0.25) is 5.02 Å². The highest BCUT2D eigenvalue weighted by molar-refractivity contribution is 6.31. The molecular formula is C12H9ClF2N2O. The highest BCUT2D eigenvalue weighted by Gasteiger charge is 2.17. The van der Waals surface area contributed by atoms with Crippen LogP contribution in [0.4, 0.5) is 8.78 Å². The van der Waals surface area contributed by atoms with Crippen LogP contribution in [0.3, 0.4) is 0 Å². The molecule has 94 valence electrons. The molecule has 0 amide bonds. The van der Waals surface area contributed by atoms with E-state index >= 15 is 0 Å². The number of hydrogen-bond donors (Lipinski definition) is 0.